The molecule has 4 rings (SSSR count). The molecule has 2 aromatic carbocycles. The summed E-state index contributed by atoms with van der Waals surface area (Å²) in [6.45, 7) is 18.1. The Morgan fingerprint density at radius 3 is 1.88 bits per heavy atom. The van der Waals surface area contributed by atoms with Gasteiger partial charge >= 0.3 is 0 Å². The maximum atomic E-state index is 2.38. The van der Waals surface area contributed by atoms with E-state index in [0.29, 0.717) is 0 Å². The molecule has 0 atom stereocenters. The van der Waals surface area contributed by atoms with Crippen molar-refractivity contribution < 1.29 is 4.58 Å². The van der Waals surface area contributed by atoms with Gasteiger partial charge in [0, 0.05) is 42.1 Å². The summed E-state index contributed by atoms with van der Waals surface area (Å²) >= 11 is 0. The van der Waals surface area contributed by atoms with Gasteiger partial charge in [0.2, 0.25) is 5.69 Å². The Morgan fingerprint density at radius 1 is 0.636 bits per heavy atom. The molecule has 0 spiro atoms. The van der Waals surface area contributed by atoms with Crippen LogP contribution in [-0.2, 0) is 12.8 Å². The van der Waals surface area contributed by atoms with Crippen LogP contribution in [0.4, 0.5) is 11.4 Å². The van der Waals surface area contributed by atoms with Gasteiger partial charge in [-0.15, -0.1) is 0 Å². The van der Waals surface area contributed by atoms with E-state index >= 15 is 0 Å². The van der Waals surface area contributed by atoms with E-state index < -0.39 is 0 Å². The summed E-state index contributed by atoms with van der Waals surface area (Å²) in [6, 6.07) is 0. The zero-order valence-electron chi connectivity index (χ0n) is 22.2. The molecule has 2 aromatic rings. The molecule has 0 fully saturated rings. The van der Waals surface area contributed by atoms with Crippen molar-refractivity contribution in [2.75, 3.05) is 19.0 Å². The number of hydrogen-bond acceptors (Lipinski definition) is 1. The largest absolute Gasteiger partial charge is 0.347 e. The predicted molar refractivity (Wildman–Crippen MR) is 144 cm³/mol. The third kappa shape index (κ3) is 3.60. The lowest BCUT2D eigenvalue weighted by Gasteiger charge is -2.20. The van der Waals surface area contributed by atoms with Gasteiger partial charge in [-0.3, -0.25) is 0 Å². The van der Waals surface area contributed by atoms with E-state index in [-0.39, 0.29) is 0 Å². The van der Waals surface area contributed by atoms with Crippen molar-refractivity contribution in [1.82, 2.24) is 0 Å². The average Bonchev–Trinajstić information content (AvgIpc) is 3.30. The molecule has 2 aliphatic heterocycles. The van der Waals surface area contributed by atoms with E-state index in [4.69, 9.17) is 0 Å². The van der Waals surface area contributed by atoms with Gasteiger partial charge in [-0.05, 0) is 106 Å². The highest BCUT2D eigenvalue weighted by molar-refractivity contribution is 5.97. The number of likely N-dealkylation sites (N-methyl/N-ethyl adjacent to an activating group) is 1. The van der Waals surface area contributed by atoms with Crippen molar-refractivity contribution in [3.8, 4) is 0 Å². The fraction of sp³-hybridized carbons (Fsp3) is 0.387. The molecule has 0 saturated heterocycles. The summed E-state index contributed by atoms with van der Waals surface area (Å²) in [5, 5.41) is 0. The molecular formula is C31H39N2+. The predicted octanol–water partition coefficient (Wildman–Crippen LogP) is 7.11. The van der Waals surface area contributed by atoms with Crippen molar-refractivity contribution in [3.63, 3.8) is 0 Å². The molecule has 2 heterocycles. The number of hydrogen-bond donors (Lipinski definition) is 0. The van der Waals surface area contributed by atoms with Gasteiger partial charge in [0.1, 0.15) is 7.05 Å². The molecule has 33 heavy (non-hydrogen) atoms. The number of rotatable bonds is 3. The molecule has 0 aromatic heterocycles. The number of allylic oxidation sites excluding steroid dienone is 6. The molecule has 2 nitrogen and oxygen atoms in total. The van der Waals surface area contributed by atoms with Crippen LogP contribution >= 0.6 is 0 Å². The van der Waals surface area contributed by atoms with Crippen molar-refractivity contribution in [2.45, 2.75) is 68.2 Å². The lowest BCUT2D eigenvalue weighted by Crippen LogP contribution is -2.12. The van der Waals surface area contributed by atoms with Gasteiger partial charge in [0.05, 0.1) is 6.42 Å². The highest BCUT2D eigenvalue weighted by atomic mass is 15.1. The SMILES string of the molecule is Cc1c(C)c(C)c2c(c1C)CC(=CC=CC=CC1=[N+](C)c3c(C)c(C)c(C)c(C)c3C1)N2C. The van der Waals surface area contributed by atoms with Crippen LogP contribution in [0.2, 0.25) is 0 Å². The normalized spacial score (nSPS) is 16.8. The number of fused-ring (bicyclic) bond motifs is 2. The number of benzene rings is 2. The minimum Gasteiger partial charge on any atom is -0.347 e. The van der Waals surface area contributed by atoms with E-state index in [1.807, 2.05) is 0 Å². The Labute approximate surface area is 200 Å². The smallest absolute Gasteiger partial charge is 0.212 e. The third-order valence-electron chi connectivity index (χ3n) is 8.61. The van der Waals surface area contributed by atoms with Crippen LogP contribution in [0.15, 0.2) is 36.1 Å². The Morgan fingerprint density at radius 2 is 1.21 bits per heavy atom. The third-order valence-corrected chi connectivity index (χ3v) is 8.61. The van der Waals surface area contributed by atoms with Gasteiger partial charge in [0.25, 0.3) is 0 Å². The Balaban J connectivity index is 1.54. The van der Waals surface area contributed by atoms with Gasteiger partial charge < -0.3 is 4.90 Å². The van der Waals surface area contributed by atoms with Crippen LogP contribution in [0.5, 0.6) is 0 Å². The maximum absolute atomic E-state index is 2.38. The molecule has 0 N–H and O–H groups in total. The molecule has 0 amide bonds. The average molecular weight is 440 g/mol. The fourth-order valence-electron chi connectivity index (χ4n) is 5.71. The quantitative estimate of drug-likeness (QED) is 0.365. The van der Waals surface area contributed by atoms with Gasteiger partial charge in [-0.1, -0.05) is 18.2 Å². The highest BCUT2D eigenvalue weighted by Crippen LogP contribution is 2.41. The molecule has 0 aliphatic carbocycles. The zero-order chi connectivity index (χ0) is 24.2. The monoisotopic (exact) mass is 439 g/mol. The first kappa shape index (κ1) is 23.3. The van der Waals surface area contributed by atoms with Crippen LogP contribution in [0.1, 0.15) is 55.6 Å². The molecule has 0 unspecified atom stereocenters. The summed E-state index contributed by atoms with van der Waals surface area (Å²) in [6.07, 6.45) is 13.1. The minimum absolute atomic E-state index is 1.01. The van der Waals surface area contributed by atoms with Crippen LogP contribution in [0.25, 0.3) is 0 Å². The number of anilines is 1. The second kappa shape index (κ2) is 8.48. The summed E-state index contributed by atoms with van der Waals surface area (Å²) in [5.41, 5.74) is 20.0. The first-order valence-electron chi connectivity index (χ1n) is 12.1. The second-order valence-corrected chi connectivity index (χ2v) is 10.0. The molecule has 2 aliphatic rings. The number of nitrogens with zero attached hydrogens (tertiary/aromatic N) is 2. The fourth-order valence-corrected chi connectivity index (χ4v) is 5.71. The summed E-state index contributed by atoms with van der Waals surface area (Å²) in [5.74, 6) is 0. The molecule has 0 saturated carbocycles. The van der Waals surface area contributed by atoms with Crippen LogP contribution < -0.4 is 4.90 Å². The van der Waals surface area contributed by atoms with Gasteiger partial charge in [-0.2, -0.15) is 4.58 Å². The van der Waals surface area contributed by atoms with Crippen molar-refractivity contribution in [2.24, 2.45) is 0 Å². The lowest BCUT2D eigenvalue weighted by molar-refractivity contribution is -0.401. The summed E-state index contributed by atoms with van der Waals surface area (Å²) in [4.78, 5) is 2.38. The van der Waals surface area contributed by atoms with E-state index in [0.717, 1.165) is 12.8 Å². The molecular weight excluding hydrogens is 400 g/mol. The van der Waals surface area contributed by atoms with E-state index in [1.54, 1.807) is 0 Å². The van der Waals surface area contributed by atoms with Crippen molar-refractivity contribution in [1.29, 1.82) is 0 Å². The molecule has 0 radical (unpaired) electrons. The highest BCUT2D eigenvalue weighted by Gasteiger charge is 2.31. The summed E-state index contributed by atoms with van der Waals surface area (Å²) in [7, 11) is 4.41. The van der Waals surface area contributed by atoms with Gasteiger partial charge in [0.15, 0.2) is 5.71 Å². The van der Waals surface area contributed by atoms with Gasteiger partial charge in [-0.25, -0.2) is 0 Å². The van der Waals surface area contributed by atoms with E-state index in [9.17, 15) is 0 Å². The standard InChI is InChI=1S/C31H39N2/c1-18-20(3)24(7)30-28(22(18)5)16-26(32(30)9)14-12-11-13-15-27-17-29-23(6)19(2)21(4)25(8)31(29)33(27)10/h11-15H,16-17H2,1-10H3/q+1. The molecule has 2 heteroatoms. The van der Waals surface area contributed by atoms with Crippen LogP contribution in [0, 0.1) is 55.4 Å². The lowest BCUT2D eigenvalue weighted by atomic mass is 9.91. The molecule has 0 bridgehead atoms. The zero-order valence-corrected chi connectivity index (χ0v) is 22.2. The Bertz CT molecular complexity index is 1300. The minimum atomic E-state index is 1.01. The topological polar surface area (TPSA) is 6.25 Å². The van der Waals surface area contributed by atoms with Crippen molar-refractivity contribution >= 4 is 17.1 Å². The maximum Gasteiger partial charge on any atom is 0.212 e. The van der Waals surface area contributed by atoms with E-state index in [2.05, 4.69) is 109 Å². The first-order valence-corrected chi connectivity index (χ1v) is 12.1. The molecule has 172 valence electrons. The van der Waals surface area contributed by atoms with Crippen LogP contribution in [0.3, 0.4) is 0 Å². The Hall–Kier alpha value is -2.87. The summed E-state index contributed by atoms with van der Waals surface area (Å²) < 4.78 is 2.38. The second-order valence-electron chi connectivity index (χ2n) is 10.0. The van der Waals surface area contributed by atoms with Crippen LogP contribution in [-0.4, -0.2) is 24.4 Å². The Kier molecular flexibility index (Phi) is 5.99. The first-order chi connectivity index (χ1) is 15.6. The van der Waals surface area contributed by atoms with E-state index in [1.165, 1.54) is 78.4 Å². The van der Waals surface area contributed by atoms with Crippen molar-refractivity contribution in [3.05, 3.63) is 91.7 Å².